The molecule has 0 saturated carbocycles. The van der Waals surface area contributed by atoms with E-state index >= 15 is 0 Å². The van der Waals surface area contributed by atoms with Crippen LogP contribution in [0.4, 0.5) is 4.39 Å². The molecule has 0 spiro atoms. The third-order valence-corrected chi connectivity index (χ3v) is 3.41. The molecule has 0 radical (unpaired) electrons. The Balaban J connectivity index is 2.16. The molecule has 1 aromatic carbocycles. The van der Waals surface area contributed by atoms with Gasteiger partial charge < -0.3 is 10.4 Å². The first kappa shape index (κ1) is 11.7. The lowest BCUT2D eigenvalue weighted by Gasteiger charge is -2.23. The third-order valence-electron chi connectivity index (χ3n) is 3.06. The second-order valence-corrected chi connectivity index (χ2v) is 4.68. The highest BCUT2D eigenvalue weighted by Gasteiger charge is 2.19. The molecule has 2 N–H and O–H groups in total. The summed E-state index contributed by atoms with van der Waals surface area (Å²) in [6, 6.07) is 2.84. The number of phenols is 1. The van der Waals surface area contributed by atoms with E-state index in [0.29, 0.717) is 22.9 Å². The minimum atomic E-state index is -0.571. The van der Waals surface area contributed by atoms with Gasteiger partial charge in [0, 0.05) is 10.6 Å². The van der Waals surface area contributed by atoms with Gasteiger partial charge in [0.15, 0.2) is 11.6 Å². The molecule has 16 heavy (non-hydrogen) atoms. The predicted octanol–water partition coefficient (Wildman–Crippen LogP) is 2.73. The van der Waals surface area contributed by atoms with Crippen LogP contribution in [0, 0.1) is 11.7 Å². The average Bonchev–Trinajstić information content (AvgIpc) is 2.31. The summed E-state index contributed by atoms with van der Waals surface area (Å²) in [6.45, 7) is 1.93. The lowest BCUT2D eigenvalue weighted by Crippen LogP contribution is -2.31. The highest BCUT2D eigenvalue weighted by molar-refractivity contribution is 6.31. The van der Waals surface area contributed by atoms with Crippen molar-refractivity contribution in [3.8, 4) is 5.75 Å². The third kappa shape index (κ3) is 2.47. The fourth-order valence-electron chi connectivity index (χ4n) is 2.16. The number of rotatable bonds is 2. The SMILES string of the molecule is Oc1ccc(Cl)c(CC2CCCNC2)c1F. The van der Waals surface area contributed by atoms with Gasteiger partial charge in [0.25, 0.3) is 0 Å². The first-order valence-electron chi connectivity index (χ1n) is 5.55. The zero-order valence-electron chi connectivity index (χ0n) is 8.97. The molecule has 2 rings (SSSR count). The molecule has 1 fully saturated rings. The lowest BCUT2D eigenvalue weighted by molar-refractivity contribution is 0.367. The van der Waals surface area contributed by atoms with Crippen molar-refractivity contribution in [2.24, 2.45) is 5.92 Å². The Labute approximate surface area is 99.4 Å². The van der Waals surface area contributed by atoms with Crippen LogP contribution >= 0.6 is 11.6 Å². The molecule has 1 heterocycles. The number of phenolic OH excluding ortho intramolecular Hbond substituents is 1. The van der Waals surface area contributed by atoms with Crippen LogP contribution in [-0.2, 0) is 6.42 Å². The molecule has 1 aliphatic rings. The van der Waals surface area contributed by atoms with Crippen LogP contribution in [-0.4, -0.2) is 18.2 Å². The smallest absolute Gasteiger partial charge is 0.169 e. The lowest BCUT2D eigenvalue weighted by atomic mass is 9.92. The minimum absolute atomic E-state index is 0.317. The quantitative estimate of drug-likeness (QED) is 0.837. The molecule has 1 atom stereocenters. The van der Waals surface area contributed by atoms with Gasteiger partial charge in [-0.25, -0.2) is 4.39 Å². The van der Waals surface area contributed by atoms with E-state index in [1.54, 1.807) is 6.07 Å². The van der Waals surface area contributed by atoms with Crippen LogP contribution in [0.2, 0.25) is 5.02 Å². The average molecular weight is 244 g/mol. The van der Waals surface area contributed by atoms with Crippen molar-refractivity contribution < 1.29 is 9.50 Å². The molecule has 1 aliphatic heterocycles. The predicted molar refractivity (Wildman–Crippen MR) is 62.4 cm³/mol. The number of benzene rings is 1. The summed E-state index contributed by atoms with van der Waals surface area (Å²) in [5.41, 5.74) is 0.440. The van der Waals surface area contributed by atoms with Crippen molar-refractivity contribution in [1.29, 1.82) is 0 Å². The van der Waals surface area contributed by atoms with Gasteiger partial charge in [0.2, 0.25) is 0 Å². The van der Waals surface area contributed by atoms with E-state index in [9.17, 15) is 9.50 Å². The van der Waals surface area contributed by atoms with Gasteiger partial charge in [-0.1, -0.05) is 11.6 Å². The van der Waals surface area contributed by atoms with Gasteiger partial charge in [0.1, 0.15) is 0 Å². The summed E-state index contributed by atoms with van der Waals surface area (Å²) in [6.07, 6.45) is 2.78. The zero-order chi connectivity index (χ0) is 11.5. The molecule has 88 valence electrons. The number of piperidine rings is 1. The molecule has 0 amide bonds. The summed E-state index contributed by atoms with van der Waals surface area (Å²) in [5.74, 6) is -0.483. The van der Waals surface area contributed by atoms with E-state index in [4.69, 9.17) is 11.6 Å². The number of halogens is 2. The molecule has 1 aromatic rings. The van der Waals surface area contributed by atoms with Crippen molar-refractivity contribution in [2.45, 2.75) is 19.3 Å². The summed E-state index contributed by atoms with van der Waals surface area (Å²) >= 11 is 5.95. The summed E-state index contributed by atoms with van der Waals surface area (Å²) < 4.78 is 13.7. The molecule has 1 saturated heterocycles. The highest BCUT2D eigenvalue weighted by Crippen LogP contribution is 2.29. The first-order chi connectivity index (χ1) is 7.68. The second kappa shape index (κ2) is 5.02. The first-order valence-corrected chi connectivity index (χ1v) is 5.93. The molecule has 4 heteroatoms. The maximum absolute atomic E-state index is 13.7. The Morgan fingerprint density at radius 2 is 2.31 bits per heavy atom. The van der Waals surface area contributed by atoms with Gasteiger partial charge in [-0.3, -0.25) is 0 Å². The zero-order valence-corrected chi connectivity index (χ0v) is 9.73. The Hall–Kier alpha value is -0.800. The molecule has 0 aromatic heterocycles. The van der Waals surface area contributed by atoms with Crippen LogP contribution in [0.15, 0.2) is 12.1 Å². The van der Waals surface area contributed by atoms with Crippen molar-refractivity contribution in [2.75, 3.05) is 13.1 Å². The van der Waals surface area contributed by atoms with E-state index in [-0.39, 0.29) is 5.75 Å². The van der Waals surface area contributed by atoms with Crippen LogP contribution in [0.5, 0.6) is 5.75 Å². The van der Waals surface area contributed by atoms with E-state index in [0.717, 1.165) is 25.9 Å². The minimum Gasteiger partial charge on any atom is -0.505 e. The van der Waals surface area contributed by atoms with E-state index in [1.807, 2.05) is 0 Å². The van der Waals surface area contributed by atoms with E-state index in [1.165, 1.54) is 6.07 Å². The normalized spacial score (nSPS) is 21.0. The van der Waals surface area contributed by atoms with Gasteiger partial charge in [-0.15, -0.1) is 0 Å². The monoisotopic (exact) mass is 243 g/mol. The maximum Gasteiger partial charge on any atom is 0.169 e. The number of nitrogens with one attached hydrogen (secondary N) is 1. The van der Waals surface area contributed by atoms with Crippen molar-refractivity contribution in [3.63, 3.8) is 0 Å². The number of aromatic hydroxyl groups is 1. The second-order valence-electron chi connectivity index (χ2n) is 4.28. The Morgan fingerprint density at radius 1 is 1.50 bits per heavy atom. The molecule has 0 bridgehead atoms. The van der Waals surface area contributed by atoms with Crippen LogP contribution < -0.4 is 5.32 Å². The van der Waals surface area contributed by atoms with Crippen LogP contribution in [0.25, 0.3) is 0 Å². The summed E-state index contributed by atoms with van der Waals surface area (Å²) in [4.78, 5) is 0. The van der Waals surface area contributed by atoms with Crippen LogP contribution in [0.1, 0.15) is 18.4 Å². The Kier molecular flexibility index (Phi) is 3.66. The molecular formula is C12H15ClFNO. The topological polar surface area (TPSA) is 32.3 Å². The maximum atomic E-state index is 13.7. The highest BCUT2D eigenvalue weighted by atomic mass is 35.5. The van der Waals surface area contributed by atoms with Crippen molar-refractivity contribution in [3.05, 3.63) is 28.5 Å². The standard InChI is InChI=1S/C12H15ClFNO/c13-10-3-4-11(16)12(14)9(10)6-8-2-1-5-15-7-8/h3-4,8,15-16H,1-2,5-7H2. The van der Waals surface area contributed by atoms with Gasteiger partial charge in [-0.05, 0) is 50.4 Å². The molecular weight excluding hydrogens is 229 g/mol. The van der Waals surface area contributed by atoms with Crippen LogP contribution in [0.3, 0.4) is 0 Å². The van der Waals surface area contributed by atoms with Gasteiger partial charge in [0.05, 0.1) is 0 Å². The largest absolute Gasteiger partial charge is 0.505 e. The van der Waals surface area contributed by atoms with E-state index in [2.05, 4.69) is 5.32 Å². The Morgan fingerprint density at radius 3 is 3.00 bits per heavy atom. The number of hydrogen-bond donors (Lipinski definition) is 2. The van der Waals surface area contributed by atoms with Gasteiger partial charge in [-0.2, -0.15) is 0 Å². The van der Waals surface area contributed by atoms with Crippen molar-refractivity contribution >= 4 is 11.6 Å². The molecule has 0 aliphatic carbocycles. The fraction of sp³-hybridized carbons (Fsp3) is 0.500. The number of hydrogen-bond acceptors (Lipinski definition) is 2. The van der Waals surface area contributed by atoms with Crippen molar-refractivity contribution in [1.82, 2.24) is 5.32 Å². The van der Waals surface area contributed by atoms with Gasteiger partial charge >= 0.3 is 0 Å². The molecule has 2 nitrogen and oxygen atoms in total. The summed E-state index contributed by atoms with van der Waals surface area (Å²) in [5, 5.41) is 13.0. The van der Waals surface area contributed by atoms with E-state index < -0.39 is 5.82 Å². The molecule has 1 unspecified atom stereocenters. The fourth-order valence-corrected chi connectivity index (χ4v) is 2.38. The summed E-state index contributed by atoms with van der Waals surface area (Å²) in [7, 11) is 0. The Bertz CT molecular complexity index is 378.